The summed E-state index contributed by atoms with van der Waals surface area (Å²) < 4.78 is 4.95. The first kappa shape index (κ1) is 7.09. The Kier molecular flexibility index (Phi) is 1.92. The Morgan fingerprint density at radius 1 is 1.80 bits per heavy atom. The van der Waals surface area contributed by atoms with E-state index in [1.54, 1.807) is 19.1 Å². The molecule has 10 heavy (non-hydrogen) atoms. The third-order valence-corrected chi connectivity index (χ3v) is 1.28. The maximum atomic E-state index is 9.29. The van der Waals surface area contributed by atoms with Crippen molar-refractivity contribution in [3.05, 3.63) is 36.3 Å². The lowest BCUT2D eigenvalue weighted by atomic mass is 10.1. The summed E-state index contributed by atoms with van der Waals surface area (Å²) >= 11 is 0. The van der Waals surface area contributed by atoms with Crippen LogP contribution in [-0.2, 0) is 0 Å². The molecule has 0 saturated carbocycles. The maximum Gasteiger partial charge on any atom is 0.136 e. The van der Waals surface area contributed by atoms with Gasteiger partial charge in [-0.3, -0.25) is 0 Å². The van der Waals surface area contributed by atoms with E-state index in [9.17, 15) is 5.11 Å². The summed E-state index contributed by atoms with van der Waals surface area (Å²) in [6.07, 6.45) is 0.872. The van der Waals surface area contributed by atoms with E-state index < -0.39 is 6.10 Å². The molecule has 54 valence electrons. The van der Waals surface area contributed by atoms with Crippen LogP contribution in [0.3, 0.4) is 0 Å². The molecule has 1 N–H and O–H groups in total. The lowest BCUT2D eigenvalue weighted by Gasteiger charge is -2.04. The normalized spacial score (nSPS) is 13.0. The van der Waals surface area contributed by atoms with Gasteiger partial charge in [0.2, 0.25) is 0 Å². The fraction of sp³-hybridized carbons (Fsp3) is 0.250. The fourth-order valence-electron chi connectivity index (χ4n) is 0.690. The van der Waals surface area contributed by atoms with Crippen LogP contribution in [0.1, 0.15) is 18.8 Å². The Morgan fingerprint density at radius 3 is 2.90 bits per heavy atom. The molecule has 1 atom stereocenters. The summed E-state index contributed by atoms with van der Waals surface area (Å²) in [7, 11) is 0. The highest BCUT2D eigenvalue weighted by Crippen LogP contribution is 2.19. The number of hydrogen-bond donors (Lipinski definition) is 1. The topological polar surface area (TPSA) is 33.4 Å². The van der Waals surface area contributed by atoms with Crippen molar-refractivity contribution in [2.75, 3.05) is 0 Å². The zero-order valence-electron chi connectivity index (χ0n) is 5.87. The summed E-state index contributed by atoms with van der Waals surface area (Å²) in [4.78, 5) is 0. The van der Waals surface area contributed by atoms with Crippen molar-refractivity contribution in [3.8, 4) is 0 Å². The molecule has 0 amide bonds. The van der Waals surface area contributed by atoms with Gasteiger partial charge in [0.15, 0.2) is 0 Å². The zero-order valence-corrected chi connectivity index (χ0v) is 5.87. The Labute approximate surface area is 59.8 Å². The van der Waals surface area contributed by atoms with Crippen molar-refractivity contribution in [2.24, 2.45) is 0 Å². The van der Waals surface area contributed by atoms with Gasteiger partial charge in [-0.1, -0.05) is 6.58 Å². The molecule has 0 spiro atoms. The quantitative estimate of drug-likeness (QED) is 0.633. The number of aliphatic hydroxyl groups is 1. The zero-order chi connectivity index (χ0) is 7.56. The van der Waals surface area contributed by atoms with Crippen LogP contribution in [0.4, 0.5) is 0 Å². The minimum Gasteiger partial charge on any atom is -0.466 e. The molecular weight excluding hydrogens is 128 g/mol. The van der Waals surface area contributed by atoms with Gasteiger partial charge >= 0.3 is 0 Å². The van der Waals surface area contributed by atoms with Crippen LogP contribution in [0.5, 0.6) is 0 Å². The van der Waals surface area contributed by atoms with Gasteiger partial charge in [-0.15, -0.1) is 0 Å². The third kappa shape index (κ3) is 1.28. The van der Waals surface area contributed by atoms with Gasteiger partial charge in [0.25, 0.3) is 0 Å². The Bertz CT molecular complexity index is 211. The summed E-state index contributed by atoms with van der Waals surface area (Å²) in [6, 6.07) is 3.46. The Balaban J connectivity index is 2.77. The highest BCUT2D eigenvalue weighted by Gasteiger charge is 2.09. The van der Waals surface area contributed by atoms with E-state index in [-0.39, 0.29) is 0 Å². The second-order valence-corrected chi connectivity index (χ2v) is 2.26. The van der Waals surface area contributed by atoms with Gasteiger partial charge < -0.3 is 9.52 Å². The monoisotopic (exact) mass is 138 g/mol. The number of aliphatic hydroxyl groups excluding tert-OH is 1. The van der Waals surface area contributed by atoms with Crippen LogP contribution < -0.4 is 0 Å². The lowest BCUT2D eigenvalue weighted by molar-refractivity contribution is 0.185. The lowest BCUT2D eigenvalue weighted by Crippen LogP contribution is -1.94. The van der Waals surface area contributed by atoms with E-state index in [0.717, 1.165) is 0 Å². The standard InChI is InChI=1S/C8H10O2/c1-6(2)8(9)7-4-3-5-10-7/h3-5,8-9H,1H2,2H3/t8-/m0/s1. The van der Waals surface area contributed by atoms with Gasteiger partial charge in [-0.25, -0.2) is 0 Å². The van der Waals surface area contributed by atoms with E-state index in [1.807, 2.05) is 0 Å². The molecule has 1 aromatic rings. The molecule has 1 heterocycles. The van der Waals surface area contributed by atoms with Gasteiger partial charge in [0, 0.05) is 0 Å². The minimum absolute atomic E-state index is 0.549. The van der Waals surface area contributed by atoms with E-state index in [0.29, 0.717) is 11.3 Å². The SMILES string of the molecule is C=C(C)[C@H](O)c1ccco1. The van der Waals surface area contributed by atoms with E-state index >= 15 is 0 Å². The summed E-state index contributed by atoms with van der Waals surface area (Å²) in [6.45, 7) is 5.36. The smallest absolute Gasteiger partial charge is 0.136 e. The molecule has 0 aromatic carbocycles. The van der Waals surface area contributed by atoms with Crippen LogP contribution in [-0.4, -0.2) is 5.11 Å². The molecule has 1 rings (SSSR count). The highest BCUT2D eigenvalue weighted by molar-refractivity contribution is 5.12. The summed E-state index contributed by atoms with van der Waals surface area (Å²) in [5, 5.41) is 9.29. The molecule has 0 bridgehead atoms. The molecule has 0 aliphatic rings. The Morgan fingerprint density at radius 2 is 2.50 bits per heavy atom. The van der Waals surface area contributed by atoms with Gasteiger partial charge in [-0.05, 0) is 24.6 Å². The van der Waals surface area contributed by atoms with E-state index in [2.05, 4.69) is 6.58 Å². The Hall–Kier alpha value is -1.02. The molecule has 2 nitrogen and oxygen atoms in total. The second-order valence-electron chi connectivity index (χ2n) is 2.26. The van der Waals surface area contributed by atoms with Crippen molar-refractivity contribution in [3.63, 3.8) is 0 Å². The average molecular weight is 138 g/mol. The molecular formula is C8H10O2. The molecule has 0 saturated heterocycles. The van der Waals surface area contributed by atoms with Crippen LogP contribution >= 0.6 is 0 Å². The highest BCUT2D eigenvalue weighted by atomic mass is 16.4. The van der Waals surface area contributed by atoms with Gasteiger partial charge in [-0.2, -0.15) is 0 Å². The molecule has 1 aromatic heterocycles. The summed E-state index contributed by atoms with van der Waals surface area (Å²) in [5.41, 5.74) is 0.690. The number of furan rings is 1. The molecule has 0 fully saturated rings. The largest absolute Gasteiger partial charge is 0.466 e. The second kappa shape index (κ2) is 2.71. The predicted molar refractivity (Wildman–Crippen MR) is 38.5 cm³/mol. The van der Waals surface area contributed by atoms with Gasteiger partial charge in [0.1, 0.15) is 11.9 Å². The fourth-order valence-corrected chi connectivity index (χ4v) is 0.690. The summed E-state index contributed by atoms with van der Waals surface area (Å²) in [5.74, 6) is 0.549. The van der Waals surface area contributed by atoms with E-state index in [4.69, 9.17) is 4.42 Å². The van der Waals surface area contributed by atoms with Crippen molar-refractivity contribution < 1.29 is 9.52 Å². The minimum atomic E-state index is -0.657. The first-order valence-electron chi connectivity index (χ1n) is 3.08. The number of rotatable bonds is 2. The number of hydrogen-bond acceptors (Lipinski definition) is 2. The van der Waals surface area contributed by atoms with Crippen molar-refractivity contribution in [1.29, 1.82) is 0 Å². The van der Waals surface area contributed by atoms with Crippen molar-refractivity contribution >= 4 is 0 Å². The average Bonchev–Trinajstić information content (AvgIpc) is 2.36. The predicted octanol–water partition coefficient (Wildman–Crippen LogP) is 1.89. The van der Waals surface area contributed by atoms with Gasteiger partial charge in [0.05, 0.1) is 6.26 Å². The molecule has 0 radical (unpaired) electrons. The van der Waals surface area contributed by atoms with Crippen molar-refractivity contribution in [1.82, 2.24) is 0 Å². The van der Waals surface area contributed by atoms with Crippen LogP contribution in [0.2, 0.25) is 0 Å². The molecule has 0 aliphatic carbocycles. The van der Waals surface area contributed by atoms with Crippen molar-refractivity contribution in [2.45, 2.75) is 13.0 Å². The molecule has 0 unspecified atom stereocenters. The van der Waals surface area contributed by atoms with Crippen LogP contribution in [0.25, 0.3) is 0 Å². The van der Waals surface area contributed by atoms with Crippen LogP contribution in [0.15, 0.2) is 35.0 Å². The molecule has 2 heteroatoms. The first-order chi connectivity index (χ1) is 4.72. The van der Waals surface area contributed by atoms with Crippen LogP contribution in [0, 0.1) is 0 Å². The maximum absolute atomic E-state index is 9.29. The first-order valence-corrected chi connectivity index (χ1v) is 3.08. The third-order valence-electron chi connectivity index (χ3n) is 1.28. The van der Waals surface area contributed by atoms with E-state index in [1.165, 1.54) is 6.26 Å². The molecule has 0 aliphatic heterocycles.